The fraction of sp³-hybridized carbons (Fsp3) is 0.333. The Labute approximate surface area is 120 Å². The summed E-state index contributed by atoms with van der Waals surface area (Å²) >= 11 is 0. The van der Waals surface area contributed by atoms with Crippen molar-refractivity contribution in [1.29, 1.82) is 0 Å². The van der Waals surface area contributed by atoms with Crippen molar-refractivity contribution in [3.63, 3.8) is 0 Å². The standard InChI is InChI=1S/C15H20N2O2S/c1-11(2)16-20(18,19)15-10-6-7-12-13(15)8-5-9-14(12)17(3)4/h5-11,16H,1-4H3. The molecular weight excluding hydrogens is 272 g/mol. The molecule has 0 radical (unpaired) electrons. The molecule has 20 heavy (non-hydrogen) atoms. The van der Waals surface area contributed by atoms with E-state index in [1.54, 1.807) is 12.1 Å². The van der Waals surface area contributed by atoms with E-state index in [2.05, 4.69) is 4.72 Å². The number of sulfonamides is 1. The van der Waals surface area contributed by atoms with Crippen molar-refractivity contribution in [3.8, 4) is 0 Å². The first kappa shape index (κ1) is 14.8. The lowest BCUT2D eigenvalue weighted by atomic mass is 10.1. The monoisotopic (exact) mass is 292 g/mol. The fourth-order valence-electron chi connectivity index (χ4n) is 2.26. The van der Waals surface area contributed by atoms with Gasteiger partial charge in [-0.05, 0) is 26.0 Å². The molecule has 0 fully saturated rings. The molecule has 0 heterocycles. The van der Waals surface area contributed by atoms with Crippen LogP contribution in [0.3, 0.4) is 0 Å². The van der Waals surface area contributed by atoms with E-state index in [9.17, 15) is 8.42 Å². The highest BCUT2D eigenvalue weighted by Crippen LogP contribution is 2.30. The summed E-state index contributed by atoms with van der Waals surface area (Å²) in [5.74, 6) is 0. The van der Waals surface area contributed by atoms with Crippen LogP contribution >= 0.6 is 0 Å². The minimum atomic E-state index is -3.50. The molecule has 0 spiro atoms. The first-order valence-corrected chi connectivity index (χ1v) is 8.02. The summed E-state index contributed by atoms with van der Waals surface area (Å²) < 4.78 is 27.5. The average Bonchev–Trinajstić information content (AvgIpc) is 2.35. The molecule has 0 aliphatic carbocycles. The Kier molecular flexibility index (Phi) is 4.01. The minimum Gasteiger partial charge on any atom is -0.377 e. The van der Waals surface area contributed by atoms with E-state index in [4.69, 9.17) is 0 Å². The van der Waals surface area contributed by atoms with Crippen LogP contribution in [0.1, 0.15) is 13.8 Å². The second-order valence-electron chi connectivity index (χ2n) is 5.30. The second-order valence-corrected chi connectivity index (χ2v) is 6.98. The van der Waals surface area contributed by atoms with Gasteiger partial charge < -0.3 is 4.90 Å². The smallest absolute Gasteiger partial charge is 0.241 e. The molecule has 2 rings (SSSR count). The van der Waals surface area contributed by atoms with Crippen LogP contribution in [0.25, 0.3) is 10.8 Å². The molecule has 0 atom stereocenters. The first-order chi connectivity index (χ1) is 9.33. The molecule has 5 heteroatoms. The highest BCUT2D eigenvalue weighted by Gasteiger charge is 2.19. The van der Waals surface area contributed by atoms with Gasteiger partial charge in [0.15, 0.2) is 0 Å². The number of benzene rings is 2. The van der Waals surface area contributed by atoms with Crippen LogP contribution in [0.15, 0.2) is 41.3 Å². The summed E-state index contributed by atoms with van der Waals surface area (Å²) in [7, 11) is 0.396. The van der Waals surface area contributed by atoms with Crippen LogP contribution in [0.5, 0.6) is 0 Å². The number of nitrogens with one attached hydrogen (secondary N) is 1. The molecule has 0 saturated heterocycles. The molecule has 0 aliphatic rings. The molecule has 0 aliphatic heterocycles. The van der Waals surface area contributed by atoms with Crippen LogP contribution in [-0.2, 0) is 10.0 Å². The minimum absolute atomic E-state index is 0.132. The predicted molar refractivity (Wildman–Crippen MR) is 83.7 cm³/mol. The first-order valence-electron chi connectivity index (χ1n) is 6.54. The van der Waals surface area contributed by atoms with Crippen LogP contribution in [0.2, 0.25) is 0 Å². The summed E-state index contributed by atoms with van der Waals surface area (Å²) in [6, 6.07) is 10.9. The van der Waals surface area contributed by atoms with Crippen molar-refractivity contribution >= 4 is 26.5 Å². The van der Waals surface area contributed by atoms with Gasteiger partial charge in [0, 0.05) is 36.6 Å². The number of hydrogen-bond acceptors (Lipinski definition) is 3. The number of hydrogen-bond donors (Lipinski definition) is 1. The van der Waals surface area contributed by atoms with Gasteiger partial charge in [-0.15, -0.1) is 0 Å². The van der Waals surface area contributed by atoms with Gasteiger partial charge in [0.25, 0.3) is 0 Å². The van der Waals surface area contributed by atoms with Gasteiger partial charge in [-0.1, -0.05) is 24.3 Å². The summed E-state index contributed by atoms with van der Waals surface area (Å²) in [5, 5.41) is 1.68. The zero-order valence-corrected chi connectivity index (χ0v) is 13.0. The largest absolute Gasteiger partial charge is 0.377 e. The zero-order valence-electron chi connectivity index (χ0n) is 12.2. The normalized spacial score (nSPS) is 12.1. The van der Waals surface area contributed by atoms with Gasteiger partial charge in [0.2, 0.25) is 10.0 Å². The van der Waals surface area contributed by atoms with Crippen LogP contribution in [0.4, 0.5) is 5.69 Å². The molecule has 108 valence electrons. The van der Waals surface area contributed by atoms with E-state index in [1.807, 2.05) is 57.1 Å². The number of rotatable bonds is 4. The van der Waals surface area contributed by atoms with Crippen LogP contribution in [0, 0.1) is 0 Å². The highest BCUT2D eigenvalue weighted by molar-refractivity contribution is 7.89. The molecule has 0 aromatic heterocycles. The lowest BCUT2D eigenvalue weighted by molar-refractivity contribution is 0.571. The maximum Gasteiger partial charge on any atom is 0.241 e. The van der Waals surface area contributed by atoms with Gasteiger partial charge in [0.1, 0.15) is 0 Å². The van der Waals surface area contributed by atoms with Gasteiger partial charge in [-0.2, -0.15) is 0 Å². The quantitative estimate of drug-likeness (QED) is 0.942. The molecule has 0 amide bonds. The lowest BCUT2D eigenvalue weighted by Crippen LogP contribution is -2.30. The van der Waals surface area contributed by atoms with Gasteiger partial charge in [0.05, 0.1) is 4.90 Å². The topological polar surface area (TPSA) is 49.4 Å². The lowest BCUT2D eigenvalue weighted by Gasteiger charge is -2.17. The Bertz CT molecular complexity index is 722. The van der Waals surface area contributed by atoms with Crippen LogP contribution in [-0.4, -0.2) is 28.6 Å². The Balaban J connectivity index is 2.71. The van der Waals surface area contributed by atoms with Gasteiger partial charge in [-0.3, -0.25) is 0 Å². The number of fused-ring (bicyclic) bond motifs is 1. The second kappa shape index (κ2) is 5.42. The van der Waals surface area contributed by atoms with Crippen molar-refractivity contribution in [2.75, 3.05) is 19.0 Å². The van der Waals surface area contributed by atoms with Crippen molar-refractivity contribution in [2.45, 2.75) is 24.8 Å². The third-order valence-corrected chi connectivity index (χ3v) is 4.74. The highest BCUT2D eigenvalue weighted by atomic mass is 32.2. The summed E-state index contributed by atoms with van der Waals surface area (Å²) in [4.78, 5) is 2.31. The van der Waals surface area contributed by atoms with E-state index < -0.39 is 10.0 Å². The Morgan fingerprint density at radius 1 is 1.00 bits per heavy atom. The molecule has 1 N–H and O–H groups in total. The molecular formula is C15H20N2O2S. The number of anilines is 1. The molecule has 2 aromatic rings. The Morgan fingerprint density at radius 3 is 2.20 bits per heavy atom. The van der Waals surface area contributed by atoms with Crippen molar-refractivity contribution < 1.29 is 8.42 Å². The summed E-state index contributed by atoms with van der Waals surface area (Å²) in [6.07, 6.45) is 0. The van der Waals surface area contributed by atoms with Crippen molar-refractivity contribution in [3.05, 3.63) is 36.4 Å². The maximum atomic E-state index is 12.4. The number of nitrogens with zero attached hydrogens (tertiary/aromatic N) is 1. The average molecular weight is 292 g/mol. The SMILES string of the molecule is CC(C)NS(=O)(=O)c1cccc2c(N(C)C)cccc12. The van der Waals surface area contributed by atoms with E-state index >= 15 is 0 Å². The summed E-state index contributed by atoms with van der Waals surface area (Å²) in [5.41, 5.74) is 1.00. The van der Waals surface area contributed by atoms with E-state index in [1.165, 1.54) is 0 Å². The molecule has 0 bridgehead atoms. The third kappa shape index (κ3) is 2.78. The Hall–Kier alpha value is -1.59. The van der Waals surface area contributed by atoms with E-state index in [0.717, 1.165) is 16.5 Å². The predicted octanol–water partition coefficient (Wildman–Crippen LogP) is 2.59. The third-order valence-electron chi connectivity index (χ3n) is 3.02. The van der Waals surface area contributed by atoms with Crippen LogP contribution < -0.4 is 9.62 Å². The van der Waals surface area contributed by atoms with Crippen molar-refractivity contribution in [2.24, 2.45) is 0 Å². The summed E-state index contributed by atoms with van der Waals surface area (Å²) in [6.45, 7) is 3.63. The zero-order chi connectivity index (χ0) is 14.9. The van der Waals surface area contributed by atoms with E-state index in [0.29, 0.717) is 4.90 Å². The van der Waals surface area contributed by atoms with E-state index in [-0.39, 0.29) is 6.04 Å². The van der Waals surface area contributed by atoms with Gasteiger partial charge in [-0.25, -0.2) is 13.1 Å². The molecule has 4 nitrogen and oxygen atoms in total. The fourth-order valence-corrected chi connectivity index (χ4v) is 3.74. The molecule has 0 unspecified atom stereocenters. The van der Waals surface area contributed by atoms with Gasteiger partial charge >= 0.3 is 0 Å². The Morgan fingerprint density at radius 2 is 1.60 bits per heavy atom. The molecule has 2 aromatic carbocycles. The van der Waals surface area contributed by atoms with Crippen molar-refractivity contribution in [1.82, 2.24) is 4.72 Å². The maximum absolute atomic E-state index is 12.4. The molecule has 0 saturated carbocycles.